The maximum atomic E-state index is 5.91. The van der Waals surface area contributed by atoms with Crippen LogP contribution in [-0.2, 0) is 4.74 Å². The van der Waals surface area contributed by atoms with Crippen molar-refractivity contribution in [2.24, 2.45) is 11.8 Å². The van der Waals surface area contributed by atoms with E-state index in [1.54, 1.807) is 0 Å². The predicted molar refractivity (Wildman–Crippen MR) is 53.7 cm³/mol. The van der Waals surface area contributed by atoms with E-state index in [0.29, 0.717) is 6.10 Å². The summed E-state index contributed by atoms with van der Waals surface area (Å²) in [5, 5.41) is 0. The third-order valence-electron chi connectivity index (χ3n) is 3.58. The van der Waals surface area contributed by atoms with E-state index in [1.807, 2.05) is 0 Å². The number of fused-ring (bicyclic) bond motifs is 3. The van der Waals surface area contributed by atoms with Crippen LogP contribution in [0.1, 0.15) is 26.7 Å². The molecule has 2 aliphatic heterocycles. The highest BCUT2D eigenvalue weighted by atomic mass is 16.5. The van der Waals surface area contributed by atoms with Crippen molar-refractivity contribution < 1.29 is 4.74 Å². The van der Waals surface area contributed by atoms with Gasteiger partial charge in [-0.1, -0.05) is 13.8 Å². The highest BCUT2D eigenvalue weighted by Crippen LogP contribution is 2.29. The van der Waals surface area contributed by atoms with Crippen LogP contribution >= 0.6 is 0 Å². The standard InChI is InChI=1S/C11H21NO/c1-9(2)10-3-5-12-6-4-11(10)13-8-7-12/h9-11H,3-8H2,1-2H3. The lowest BCUT2D eigenvalue weighted by molar-refractivity contribution is -0.00631. The Morgan fingerprint density at radius 3 is 2.69 bits per heavy atom. The van der Waals surface area contributed by atoms with Crippen molar-refractivity contribution >= 4 is 0 Å². The molecule has 2 heteroatoms. The molecule has 0 saturated carbocycles. The van der Waals surface area contributed by atoms with Gasteiger partial charge in [0.25, 0.3) is 0 Å². The van der Waals surface area contributed by atoms with Crippen LogP contribution in [0, 0.1) is 11.8 Å². The van der Waals surface area contributed by atoms with E-state index in [4.69, 9.17) is 4.74 Å². The molecule has 13 heavy (non-hydrogen) atoms. The molecular weight excluding hydrogens is 162 g/mol. The molecule has 76 valence electrons. The second-order valence-electron chi connectivity index (χ2n) is 4.74. The Bertz CT molecular complexity index is 169. The fraction of sp³-hybridized carbons (Fsp3) is 1.00. The molecule has 0 aromatic rings. The van der Waals surface area contributed by atoms with Gasteiger partial charge < -0.3 is 9.64 Å². The van der Waals surface area contributed by atoms with E-state index in [2.05, 4.69) is 18.7 Å². The maximum Gasteiger partial charge on any atom is 0.0619 e. The third kappa shape index (κ3) is 2.05. The zero-order chi connectivity index (χ0) is 9.26. The Hall–Kier alpha value is -0.0800. The van der Waals surface area contributed by atoms with Gasteiger partial charge in [-0.2, -0.15) is 0 Å². The van der Waals surface area contributed by atoms with Crippen molar-refractivity contribution in [1.29, 1.82) is 0 Å². The molecule has 0 aromatic carbocycles. The van der Waals surface area contributed by atoms with Crippen LogP contribution in [-0.4, -0.2) is 37.2 Å². The lowest BCUT2D eigenvalue weighted by Gasteiger charge is -2.29. The first kappa shape index (κ1) is 9.47. The molecule has 0 spiro atoms. The second-order valence-corrected chi connectivity index (χ2v) is 4.74. The summed E-state index contributed by atoms with van der Waals surface area (Å²) in [6.07, 6.45) is 3.14. The molecule has 3 atom stereocenters. The summed E-state index contributed by atoms with van der Waals surface area (Å²) >= 11 is 0. The van der Waals surface area contributed by atoms with Gasteiger partial charge in [0.15, 0.2) is 0 Å². The van der Waals surface area contributed by atoms with Crippen LogP contribution in [0.15, 0.2) is 0 Å². The fourth-order valence-electron chi connectivity index (χ4n) is 2.68. The summed E-state index contributed by atoms with van der Waals surface area (Å²) in [4.78, 5) is 2.56. The summed E-state index contributed by atoms with van der Waals surface area (Å²) in [5.41, 5.74) is 0. The second kappa shape index (κ2) is 3.97. The summed E-state index contributed by atoms with van der Waals surface area (Å²) < 4.78 is 5.91. The molecule has 2 rings (SSSR count). The fourth-order valence-corrected chi connectivity index (χ4v) is 2.68. The van der Waals surface area contributed by atoms with Gasteiger partial charge in [0.05, 0.1) is 12.7 Å². The maximum absolute atomic E-state index is 5.91. The van der Waals surface area contributed by atoms with Gasteiger partial charge in [0.2, 0.25) is 0 Å². The molecule has 3 unspecified atom stereocenters. The van der Waals surface area contributed by atoms with Crippen LogP contribution in [0.2, 0.25) is 0 Å². The van der Waals surface area contributed by atoms with Crippen LogP contribution in [0.5, 0.6) is 0 Å². The first-order valence-electron chi connectivity index (χ1n) is 5.61. The van der Waals surface area contributed by atoms with Gasteiger partial charge in [0, 0.05) is 13.1 Å². The largest absolute Gasteiger partial charge is 0.377 e. The average Bonchev–Trinajstić information content (AvgIpc) is 2.35. The number of hydrogen-bond donors (Lipinski definition) is 0. The first-order valence-corrected chi connectivity index (χ1v) is 5.61. The molecule has 2 fully saturated rings. The van der Waals surface area contributed by atoms with Crippen LogP contribution in [0.25, 0.3) is 0 Å². The Morgan fingerprint density at radius 2 is 1.92 bits per heavy atom. The van der Waals surface area contributed by atoms with Gasteiger partial charge in [-0.15, -0.1) is 0 Å². The first-order chi connectivity index (χ1) is 6.27. The molecule has 2 saturated heterocycles. The normalized spacial score (nSPS) is 40.4. The topological polar surface area (TPSA) is 12.5 Å². The summed E-state index contributed by atoms with van der Waals surface area (Å²) in [6, 6.07) is 0. The zero-order valence-corrected chi connectivity index (χ0v) is 8.83. The van der Waals surface area contributed by atoms with Crippen molar-refractivity contribution in [3.05, 3.63) is 0 Å². The molecule has 0 aliphatic carbocycles. The minimum absolute atomic E-state index is 0.549. The molecule has 2 aliphatic rings. The van der Waals surface area contributed by atoms with Gasteiger partial charge in [-0.3, -0.25) is 0 Å². The van der Waals surface area contributed by atoms with Crippen LogP contribution < -0.4 is 0 Å². The monoisotopic (exact) mass is 183 g/mol. The molecule has 0 N–H and O–H groups in total. The van der Waals surface area contributed by atoms with Gasteiger partial charge in [0.1, 0.15) is 0 Å². The summed E-state index contributed by atoms with van der Waals surface area (Å²) in [6.45, 7) is 9.32. The minimum Gasteiger partial charge on any atom is -0.377 e. The number of hydrogen-bond acceptors (Lipinski definition) is 2. The molecule has 2 heterocycles. The van der Waals surface area contributed by atoms with E-state index in [-0.39, 0.29) is 0 Å². The quantitative estimate of drug-likeness (QED) is 0.614. The van der Waals surface area contributed by atoms with E-state index in [1.165, 1.54) is 25.9 Å². The minimum atomic E-state index is 0.549. The SMILES string of the molecule is CC(C)C1CCN2CCOC1CC2. The molecular formula is C11H21NO. The van der Waals surface area contributed by atoms with E-state index >= 15 is 0 Å². The summed E-state index contributed by atoms with van der Waals surface area (Å²) in [5.74, 6) is 1.58. The Labute approximate surface area is 81.3 Å². The number of nitrogens with zero attached hydrogens (tertiary/aromatic N) is 1. The average molecular weight is 183 g/mol. The van der Waals surface area contributed by atoms with Crippen LogP contribution in [0.3, 0.4) is 0 Å². The van der Waals surface area contributed by atoms with Gasteiger partial charge in [-0.05, 0) is 31.2 Å². The predicted octanol–water partition coefficient (Wildman–Crippen LogP) is 1.75. The highest BCUT2D eigenvalue weighted by Gasteiger charge is 2.31. The Morgan fingerprint density at radius 1 is 1.15 bits per heavy atom. The van der Waals surface area contributed by atoms with Gasteiger partial charge in [-0.25, -0.2) is 0 Å². The molecule has 0 aromatic heterocycles. The van der Waals surface area contributed by atoms with Crippen molar-refractivity contribution in [3.63, 3.8) is 0 Å². The zero-order valence-electron chi connectivity index (χ0n) is 8.83. The number of ether oxygens (including phenoxy) is 1. The molecule has 2 nitrogen and oxygen atoms in total. The van der Waals surface area contributed by atoms with E-state index in [9.17, 15) is 0 Å². The van der Waals surface area contributed by atoms with Gasteiger partial charge >= 0.3 is 0 Å². The lowest BCUT2D eigenvalue weighted by Crippen LogP contribution is -2.32. The third-order valence-corrected chi connectivity index (χ3v) is 3.58. The summed E-state index contributed by atoms with van der Waals surface area (Å²) in [7, 11) is 0. The molecule has 0 amide bonds. The smallest absolute Gasteiger partial charge is 0.0619 e. The van der Waals surface area contributed by atoms with Crippen LogP contribution in [0.4, 0.5) is 0 Å². The van der Waals surface area contributed by atoms with Crippen molar-refractivity contribution in [3.8, 4) is 0 Å². The van der Waals surface area contributed by atoms with E-state index < -0.39 is 0 Å². The van der Waals surface area contributed by atoms with E-state index in [0.717, 1.165) is 25.0 Å². The Kier molecular flexibility index (Phi) is 2.89. The number of rotatable bonds is 1. The lowest BCUT2D eigenvalue weighted by atomic mass is 9.86. The van der Waals surface area contributed by atoms with Crippen molar-refractivity contribution in [2.45, 2.75) is 32.8 Å². The highest BCUT2D eigenvalue weighted by molar-refractivity contribution is 4.82. The molecule has 0 radical (unpaired) electrons. The van der Waals surface area contributed by atoms with Crippen molar-refractivity contribution in [1.82, 2.24) is 4.90 Å². The molecule has 2 bridgehead atoms. The van der Waals surface area contributed by atoms with Crippen molar-refractivity contribution in [2.75, 3.05) is 26.2 Å². The Balaban J connectivity index is 2.06.